The summed E-state index contributed by atoms with van der Waals surface area (Å²) in [6, 6.07) is 3.97. The van der Waals surface area contributed by atoms with Crippen LogP contribution in [0.25, 0.3) is 0 Å². The van der Waals surface area contributed by atoms with Crippen LogP contribution in [0.3, 0.4) is 0 Å². The average Bonchev–Trinajstić information content (AvgIpc) is 2.33. The zero-order valence-corrected chi connectivity index (χ0v) is 10.2. The molecule has 0 radical (unpaired) electrons. The van der Waals surface area contributed by atoms with Crippen molar-refractivity contribution in [2.75, 3.05) is 25.4 Å². The molecule has 1 atom stereocenters. The highest BCUT2D eigenvalue weighted by atomic mass is 16.3. The fraction of sp³-hybridized carbons (Fsp3) is 0.615. The van der Waals surface area contributed by atoms with Crippen molar-refractivity contribution in [3.63, 3.8) is 0 Å². The minimum absolute atomic E-state index is 0.299. The number of piperidine rings is 1. The summed E-state index contributed by atoms with van der Waals surface area (Å²) in [6.07, 6.45) is 5.09. The van der Waals surface area contributed by atoms with Crippen molar-refractivity contribution >= 4 is 5.82 Å². The van der Waals surface area contributed by atoms with E-state index in [2.05, 4.69) is 9.88 Å². The Morgan fingerprint density at radius 3 is 3.18 bits per heavy atom. The third-order valence-electron chi connectivity index (χ3n) is 3.46. The van der Waals surface area contributed by atoms with Crippen molar-refractivity contribution < 1.29 is 5.11 Å². The normalized spacial score (nSPS) is 21.6. The van der Waals surface area contributed by atoms with Gasteiger partial charge in [-0.3, -0.25) is 4.90 Å². The van der Waals surface area contributed by atoms with E-state index in [0.717, 1.165) is 31.6 Å². The lowest BCUT2D eigenvalue weighted by atomic mass is 9.95. The molecule has 3 N–H and O–H groups in total. The molecule has 1 aliphatic rings. The molecule has 1 fully saturated rings. The molecule has 0 amide bonds. The topological polar surface area (TPSA) is 62.4 Å². The molecular formula is C13H21N3O. The predicted molar refractivity (Wildman–Crippen MR) is 68.4 cm³/mol. The van der Waals surface area contributed by atoms with Gasteiger partial charge < -0.3 is 10.8 Å². The highest BCUT2D eigenvalue weighted by Crippen LogP contribution is 2.21. The summed E-state index contributed by atoms with van der Waals surface area (Å²) in [6.45, 7) is 3.36. The van der Waals surface area contributed by atoms with Crippen LogP contribution in [-0.2, 0) is 6.54 Å². The largest absolute Gasteiger partial charge is 0.396 e. The quantitative estimate of drug-likeness (QED) is 0.824. The lowest BCUT2D eigenvalue weighted by Gasteiger charge is -2.32. The van der Waals surface area contributed by atoms with Gasteiger partial charge in [0.2, 0.25) is 0 Å². The second-order valence-electron chi connectivity index (χ2n) is 4.80. The van der Waals surface area contributed by atoms with Gasteiger partial charge in [-0.1, -0.05) is 6.07 Å². The maximum atomic E-state index is 8.99. The second kappa shape index (κ2) is 5.98. The Kier molecular flexibility index (Phi) is 4.34. The summed E-state index contributed by atoms with van der Waals surface area (Å²) in [5.41, 5.74) is 6.96. The first-order chi connectivity index (χ1) is 8.29. The van der Waals surface area contributed by atoms with Crippen LogP contribution in [0.4, 0.5) is 5.82 Å². The number of nitrogen functional groups attached to an aromatic ring is 1. The van der Waals surface area contributed by atoms with E-state index >= 15 is 0 Å². The van der Waals surface area contributed by atoms with E-state index in [9.17, 15) is 0 Å². The molecule has 0 spiro atoms. The number of aliphatic hydroxyl groups excluding tert-OH is 1. The number of nitrogens with two attached hydrogens (primary N) is 1. The van der Waals surface area contributed by atoms with E-state index in [-0.39, 0.29) is 0 Å². The minimum Gasteiger partial charge on any atom is -0.396 e. The molecule has 0 aliphatic carbocycles. The molecule has 0 aromatic carbocycles. The van der Waals surface area contributed by atoms with Crippen LogP contribution in [0.15, 0.2) is 18.3 Å². The van der Waals surface area contributed by atoms with Gasteiger partial charge in [0.05, 0.1) is 0 Å². The van der Waals surface area contributed by atoms with Crippen LogP contribution in [0.2, 0.25) is 0 Å². The monoisotopic (exact) mass is 235 g/mol. The van der Waals surface area contributed by atoms with Gasteiger partial charge >= 0.3 is 0 Å². The molecule has 1 aromatic rings. The van der Waals surface area contributed by atoms with Gasteiger partial charge in [-0.2, -0.15) is 0 Å². The number of hydrogen-bond donors (Lipinski definition) is 2. The molecule has 1 aromatic heterocycles. The number of anilines is 1. The van der Waals surface area contributed by atoms with E-state index < -0.39 is 0 Å². The zero-order valence-electron chi connectivity index (χ0n) is 10.2. The van der Waals surface area contributed by atoms with E-state index in [0.29, 0.717) is 18.3 Å². The molecular weight excluding hydrogens is 214 g/mol. The number of pyridine rings is 1. The molecule has 1 aliphatic heterocycles. The van der Waals surface area contributed by atoms with Crippen LogP contribution in [0.1, 0.15) is 24.8 Å². The molecule has 0 saturated carbocycles. The first-order valence-corrected chi connectivity index (χ1v) is 6.32. The van der Waals surface area contributed by atoms with E-state index in [1.165, 1.54) is 12.8 Å². The Labute approximate surface area is 102 Å². The maximum Gasteiger partial charge on any atom is 0.127 e. The molecule has 17 heavy (non-hydrogen) atoms. The zero-order chi connectivity index (χ0) is 12.1. The van der Waals surface area contributed by atoms with E-state index in [1.807, 2.05) is 12.1 Å². The molecule has 94 valence electrons. The number of aliphatic hydroxyl groups is 1. The standard InChI is InChI=1S/C13H21N3O/c14-13-12(4-1-6-15-13)10-16-7-2-3-11(9-16)5-8-17/h1,4,6,11,17H,2-3,5,7-10H2,(H2,14,15). The molecule has 4 nitrogen and oxygen atoms in total. The molecule has 2 rings (SSSR count). The third-order valence-corrected chi connectivity index (χ3v) is 3.46. The van der Waals surface area contributed by atoms with Crippen molar-refractivity contribution in [2.24, 2.45) is 5.92 Å². The Bertz CT molecular complexity index is 354. The Morgan fingerprint density at radius 1 is 1.53 bits per heavy atom. The average molecular weight is 235 g/mol. The van der Waals surface area contributed by atoms with Gasteiger partial charge in [0.25, 0.3) is 0 Å². The van der Waals surface area contributed by atoms with Gasteiger partial charge in [-0.15, -0.1) is 0 Å². The summed E-state index contributed by atoms with van der Waals surface area (Å²) in [7, 11) is 0. The number of rotatable bonds is 4. The van der Waals surface area contributed by atoms with E-state index in [4.69, 9.17) is 10.8 Å². The number of nitrogens with zero attached hydrogens (tertiary/aromatic N) is 2. The summed E-state index contributed by atoms with van der Waals surface area (Å²) in [4.78, 5) is 6.52. The maximum absolute atomic E-state index is 8.99. The van der Waals surface area contributed by atoms with Gasteiger partial charge in [0.15, 0.2) is 0 Å². The lowest BCUT2D eigenvalue weighted by molar-refractivity contribution is 0.142. The van der Waals surface area contributed by atoms with Gasteiger partial charge in [0.1, 0.15) is 5.82 Å². The first-order valence-electron chi connectivity index (χ1n) is 6.32. The summed E-state index contributed by atoms with van der Waals surface area (Å²) in [5, 5.41) is 8.99. The summed E-state index contributed by atoms with van der Waals surface area (Å²) in [5.74, 6) is 1.27. The van der Waals surface area contributed by atoms with Crippen molar-refractivity contribution in [1.82, 2.24) is 9.88 Å². The van der Waals surface area contributed by atoms with Crippen LogP contribution < -0.4 is 5.73 Å². The molecule has 4 heteroatoms. The highest BCUT2D eigenvalue weighted by molar-refractivity contribution is 5.38. The smallest absolute Gasteiger partial charge is 0.127 e. The minimum atomic E-state index is 0.299. The second-order valence-corrected chi connectivity index (χ2v) is 4.80. The first kappa shape index (κ1) is 12.3. The molecule has 1 unspecified atom stereocenters. The fourth-order valence-corrected chi connectivity index (χ4v) is 2.54. The fourth-order valence-electron chi connectivity index (χ4n) is 2.54. The van der Waals surface area contributed by atoms with Crippen molar-refractivity contribution in [1.29, 1.82) is 0 Å². The molecule has 1 saturated heterocycles. The van der Waals surface area contributed by atoms with Crippen LogP contribution >= 0.6 is 0 Å². The number of likely N-dealkylation sites (tertiary alicyclic amines) is 1. The number of hydrogen-bond acceptors (Lipinski definition) is 4. The highest BCUT2D eigenvalue weighted by Gasteiger charge is 2.19. The van der Waals surface area contributed by atoms with Gasteiger partial charge in [-0.25, -0.2) is 4.98 Å². The SMILES string of the molecule is Nc1ncccc1CN1CCCC(CCO)C1. The Balaban J connectivity index is 1.92. The van der Waals surface area contributed by atoms with Crippen molar-refractivity contribution in [3.05, 3.63) is 23.9 Å². The van der Waals surface area contributed by atoms with E-state index in [1.54, 1.807) is 6.20 Å². The summed E-state index contributed by atoms with van der Waals surface area (Å²) < 4.78 is 0. The van der Waals surface area contributed by atoms with Crippen LogP contribution in [-0.4, -0.2) is 34.7 Å². The van der Waals surface area contributed by atoms with Crippen molar-refractivity contribution in [3.8, 4) is 0 Å². The van der Waals surface area contributed by atoms with Crippen LogP contribution in [0.5, 0.6) is 0 Å². The Morgan fingerprint density at radius 2 is 2.41 bits per heavy atom. The van der Waals surface area contributed by atoms with Crippen LogP contribution in [0, 0.1) is 5.92 Å². The lowest BCUT2D eigenvalue weighted by Crippen LogP contribution is -2.35. The van der Waals surface area contributed by atoms with Crippen molar-refractivity contribution in [2.45, 2.75) is 25.8 Å². The molecule has 0 bridgehead atoms. The summed E-state index contributed by atoms with van der Waals surface area (Å²) >= 11 is 0. The number of aromatic nitrogens is 1. The third kappa shape index (κ3) is 3.41. The predicted octanol–water partition coefficient (Wildman–Crippen LogP) is 1.26. The van der Waals surface area contributed by atoms with Gasteiger partial charge in [0, 0.05) is 31.5 Å². The Hall–Kier alpha value is -1.13. The van der Waals surface area contributed by atoms with Gasteiger partial charge in [-0.05, 0) is 37.8 Å². The molecule has 2 heterocycles.